The van der Waals surface area contributed by atoms with E-state index < -0.39 is 0 Å². The molecule has 0 aliphatic heterocycles. The Bertz CT molecular complexity index is 732. The van der Waals surface area contributed by atoms with Gasteiger partial charge in [0.1, 0.15) is 0 Å². The lowest BCUT2D eigenvalue weighted by atomic mass is 9.69. The minimum atomic E-state index is -0.335. The molecule has 2 aromatic rings. The van der Waals surface area contributed by atoms with Gasteiger partial charge in [0.25, 0.3) is 0 Å². The molecule has 1 aliphatic carbocycles. The Morgan fingerprint density at radius 2 is 1.85 bits per heavy atom. The van der Waals surface area contributed by atoms with Crippen molar-refractivity contribution in [3.05, 3.63) is 59.7 Å². The van der Waals surface area contributed by atoms with Gasteiger partial charge in [0.15, 0.2) is 0 Å². The van der Waals surface area contributed by atoms with Crippen molar-refractivity contribution in [3.8, 4) is 0 Å². The normalized spacial score (nSPS) is 16.7. The van der Waals surface area contributed by atoms with Crippen LogP contribution in [-0.2, 0) is 15.7 Å². The fraction of sp³-hybridized carbons (Fsp3) is 0.478. The van der Waals surface area contributed by atoms with Gasteiger partial charge in [-0.2, -0.15) is 0 Å². The summed E-state index contributed by atoms with van der Waals surface area (Å²) < 4.78 is 12.5. The van der Waals surface area contributed by atoms with Crippen LogP contribution in [0.4, 0.5) is 5.69 Å². The maximum Gasteiger partial charge on any atom is 0.494 e. The third-order valence-electron chi connectivity index (χ3n) is 5.48. The standard InChI is InChI=1S/C23H32BNO2/c1-5-23(3,4)27-24(26-6-2)20-16-10-12-18-13-11-17-21(22(18)20)25-19-14-8-7-9-15-19/h7-10,12,14-16,21,25H,5-6,11,13,17H2,1-4H3. The van der Waals surface area contributed by atoms with Crippen molar-refractivity contribution in [1.29, 1.82) is 0 Å². The topological polar surface area (TPSA) is 30.5 Å². The average molecular weight is 365 g/mol. The van der Waals surface area contributed by atoms with Crippen LogP contribution >= 0.6 is 0 Å². The molecule has 0 heterocycles. The lowest BCUT2D eigenvalue weighted by Gasteiger charge is -2.33. The van der Waals surface area contributed by atoms with Crippen molar-refractivity contribution in [2.24, 2.45) is 0 Å². The van der Waals surface area contributed by atoms with E-state index in [0.29, 0.717) is 6.61 Å². The Morgan fingerprint density at radius 1 is 1.07 bits per heavy atom. The molecule has 0 bridgehead atoms. The summed E-state index contributed by atoms with van der Waals surface area (Å²) in [6, 6.07) is 17.3. The second kappa shape index (κ2) is 8.94. The number of rotatable bonds is 8. The van der Waals surface area contributed by atoms with Crippen LogP contribution in [0.15, 0.2) is 48.5 Å². The van der Waals surface area contributed by atoms with E-state index in [2.05, 4.69) is 74.6 Å². The largest absolute Gasteiger partial charge is 0.494 e. The fourth-order valence-corrected chi connectivity index (χ4v) is 3.71. The molecule has 1 aliphatic rings. The Balaban J connectivity index is 1.96. The number of hydrogen-bond donors (Lipinski definition) is 1. The van der Waals surface area contributed by atoms with Gasteiger partial charge >= 0.3 is 7.12 Å². The number of aryl methyl sites for hydroxylation is 1. The van der Waals surface area contributed by atoms with E-state index in [0.717, 1.165) is 24.9 Å². The highest BCUT2D eigenvalue weighted by atomic mass is 16.6. The molecule has 0 spiro atoms. The first-order valence-electron chi connectivity index (χ1n) is 10.3. The van der Waals surface area contributed by atoms with Gasteiger partial charge < -0.3 is 14.6 Å². The molecule has 0 saturated heterocycles. The molecule has 0 amide bonds. The van der Waals surface area contributed by atoms with Crippen LogP contribution in [0, 0.1) is 0 Å². The zero-order chi connectivity index (χ0) is 19.3. The zero-order valence-corrected chi connectivity index (χ0v) is 17.1. The van der Waals surface area contributed by atoms with Gasteiger partial charge in [-0.3, -0.25) is 0 Å². The Kier molecular flexibility index (Phi) is 6.62. The van der Waals surface area contributed by atoms with Crippen molar-refractivity contribution in [2.75, 3.05) is 11.9 Å². The Labute approximate surface area is 164 Å². The van der Waals surface area contributed by atoms with Gasteiger partial charge in [-0.15, -0.1) is 0 Å². The van der Waals surface area contributed by atoms with Crippen molar-refractivity contribution < 1.29 is 9.31 Å². The molecule has 0 aromatic heterocycles. The van der Waals surface area contributed by atoms with Gasteiger partial charge in [0.05, 0.1) is 6.04 Å². The SMILES string of the molecule is CCOB(OC(C)(C)CC)c1cccc2c1C(Nc1ccccc1)CCC2. The minimum absolute atomic E-state index is 0.223. The highest BCUT2D eigenvalue weighted by Crippen LogP contribution is 2.32. The van der Waals surface area contributed by atoms with E-state index >= 15 is 0 Å². The van der Waals surface area contributed by atoms with Crippen LogP contribution in [0.25, 0.3) is 0 Å². The number of para-hydroxylation sites is 1. The van der Waals surface area contributed by atoms with Gasteiger partial charge in [0.2, 0.25) is 0 Å². The minimum Gasteiger partial charge on any atom is -0.408 e. The number of hydrogen-bond acceptors (Lipinski definition) is 3. The molecule has 1 N–H and O–H groups in total. The second-order valence-corrected chi connectivity index (χ2v) is 7.89. The highest BCUT2D eigenvalue weighted by Gasteiger charge is 2.34. The van der Waals surface area contributed by atoms with Crippen LogP contribution in [-0.4, -0.2) is 19.3 Å². The van der Waals surface area contributed by atoms with E-state index in [1.165, 1.54) is 23.0 Å². The van der Waals surface area contributed by atoms with Crippen LogP contribution in [0.3, 0.4) is 0 Å². The molecule has 0 fully saturated rings. The summed E-state index contributed by atoms with van der Waals surface area (Å²) in [5.41, 5.74) is 4.88. The molecule has 1 atom stereocenters. The van der Waals surface area contributed by atoms with E-state index in [4.69, 9.17) is 9.31 Å². The Morgan fingerprint density at radius 3 is 2.56 bits per heavy atom. The van der Waals surface area contributed by atoms with Gasteiger partial charge in [-0.1, -0.05) is 43.3 Å². The molecule has 4 heteroatoms. The monoisotopic (exact) mass is 365 g/mol. The van der Waals surface area contributed by atoms with Gasteiger partial charge in [-0.25, -0.2) is 0 Å². The molecule has 1 unspecified atom stereocenters. The zero-order valence-electron chi connectivity index (χ0n) is 17.1. The summed E-state index contributed by atoms with van der Waals surface area (Å²) in [4.78, 5) is 0. The molecule has 3 rings (SSSR count). The maximum absolute atomic E-state index is 6.43. The first kappa shape index (κ1) is 20.0. The summed E-state index contributed by atoms with van der Waals surface area (Å²) in [7, 11) is -0.335. The van der Waals surface area contributed by atoms with Crippen LogP contribution < -0.4 is 10.8 Å². The van der Waals surface area contributed by atoms with Crippen molar-refractivity contribution in [3.63, 3.8) is 0 Å². The Hall–Kier alpha value is -1.78. The molecule has 2 aromatic carbocycles. The van der Waals surface area contributed by atoms with E-state index in [1.54, 1.807) is 0 Å². The van der Waals surface area contributed by atoms with Gasteiger partial charge in [0, 0.05) is 17.9 Å². The average Bonchev–Trinajstić information content (AvgIpc) is 2.68. The molecule has 27 heavy (non-hydrogen) atoms. The predicted octanol–water partition coefficient (Wildman–Crippen LogP) is 5.11. The van der Waals surface area contributed by atoms with Crippen molar-refractivity contribution in [2.45, 2.75) is 65.0 Å². The number of fused-ring (bicyclic) bond motifs is 1. The summed E-state index contributed by atoms with van der Waals surface area (Å²) in [6.45, 7) is 9.08. The molecular formula is C23H32BNO2. The van der Waals surface area contributed by atoms with E-state index in [9.17, 15) is 0 Å². The van der Waals surface area contributed by atoms with Crippen molar-refractivity contribution >= 4 is 18.3 Å². The summed E-state index contributed by atoms with van der Waals surface area (Å²) in [5, 5.41) is 3.74. The van der Waals surface area contributed by atoms with Crippen LogP contribution in [0.2, 0.25) is 0 Å². The highest BCUT2D eigenvalue weighted by molar-refractivity contribution is 6.62. The van der Waals surface area contributed by atoms with E-state index in [-0.39, 0.29) is 18.8 Å². The third-order valence-corrected chi connectivity index (χ3v) is 5.48. The lowest BCUT2D eigenvalue weighted by Crippen LogP contribution is -2.46. The smallest absolute Gasteiger partial charge is 0.408 e. The molecular weight excluding hydrogens is 333 g/mol. The number of anilines is 1. The first-order chi connectivity index (χ1) is 13.0. The first-order valence-corrected chi connectivity index (χ1v) is 10.3. The lowest BCUT2D eigenvalue weighted by molar-refractivity contribution is 0.0705. The molecule has 144 valence electrons. The maximum atomic E-state index is 6.43. The number of benzene rings is 2. The van der Waals surface area contributed by atoms with E-state index in [1.807, 2.05) is 6.92 Å². The second-order valence-electron chi connectivity index (χ2n) is 7.89. The predicted molar refractivity (Wildman–Crippen MR) is 115 cm³/mol. The van der Waals surface area contributed by atoms with Crippen molar-refractivity contribution in [1.82, 2.24) is 0 Å². The van der Waals surface area contributed by atoms with Gasteiger partial charge in [-0.05, 0) is 75.2 Å². The quantitative estimate of drug-likeness (QED) is 0.659. The molecule has 0 radical (unpaired) electrons. The molecule has 0 saturated carbocycles. The fourth-order valence-electron chi connectivity index (χ4n) is 3.71. The third kappa shape index (κ3) is 4.94. The number of nitrogens with one attached hydrogen (secondary N) is 1. The van der Waals surface area contributed by atoms with Crippen LogP contribution in [0.5, 0.6) is 0 Å². The summed E-state index contributed by atoms with van der Waals surface area (Å²) >= 11 is 0. The molecule has 3 nitrogen and oxygen atoms in total. The summed E-state index contributed by atoms with van der Waals surface area (Å²) in [6.07, 6.45) is 4.37. The summed E-state index contributed by atoms with van der Waals surface area (Å²) in [5.74, 6) is 0. The van der Waals surface area contributed by atoms with Crippen LogP contribution in [0.1, 0.15) is 64.1 Å².